The van der Waals surface area contributed by atoms with Crippen molar-refractivity contribution in [3.63, 3.8) is 0 Å². The third-order valence-corrected chi connectivity index (χ3v) is 4.45. The minimum absolute atomic E-state index is 0.0499. The molecule has 0 amide bonds. The van der Waals surface area contributed by atoms with E-state index in [4.69, 9.17) is 4.74 Å². The van der Waals surface area contributed by atoms with Crippen molar-refractivity contribution in [2.24, 2.45) is 0 Å². The van der Waals surface area contributed by atoms with E-state index in [2.05, 4.69) is 15.3 Å². The zero-order valence-corrected chi connectivity index (χ0v) is 14.6. The molecule has 0 saturated carbocycles. The first-order valence-electron chi connectivity index (χ1n) is 7.89. The van der Waals surface area contributed by atoms with E-state index in [1.54, 1.807) is 0 Å². The van der Waals surface area contributed by atoms with E-state index >= 15 is 0 Å². The molecule has 2 aromatic heterocycles. The molecule has 0 atom stereocenters. The van der Waals surface area contributed by atoms with E-state index in [0.29, 0.717) is 24.4 Å². The van der Waals surface area contributed by atoms with Gasteiger partial charge in [0.05, 0.1) is 11.4 Å². The average molecular weight is 357 g/mol. The van der Waals surface area contributed by atoms with Gasteiger partial charge in [-0.1, -0.05) is 29.5 Å². The second kappa shape index (κ2) is 7.85. The lowest BCUT2D eigenvalue weighted by atomic mass is 10.1. The number of aromatic amines is 1. The van der Waals surface area contributed by atoms with Gasteiger partial charge in [0.2, 0.25) is 5.88 Å². The third kappa shape index (κ3) is 4.84. The van der Waals surface area contributed by atoms with Crippen LogP contribution in [0.3, 0.4) is 0 Å². The maximum absolute atomic E-state index is 11.2. The number of benzene rings is 1. The maximum Gasteiger partial charge on any atom is 0.307 e. The van der Waals surface area contributed by atoms with E-state index in [1.807, 2.05) is 49.5 Å². The number of ether oxygens (including phenoxy) is 1. The molecule has 0 radical (unpaired) electrons. The first-order chi connectivity index (χ1) is 12.1. The summed E-state index contributed by atoms with van der Waals surface area (Å²) in [7, 11) is 0. The van der Waals surface area contributed by atoms with Crippen LogP contribution in [0.25, 0.3) is 0 Å². The molecule has 0 aliphatic rings. The quantitative estimate of drug-likeness (QED) is 0.566. The topological polar surface area (TPSA) is 87.2 Å². The second-order valence-corrected chi connectivity index (χ2v) is 6.67. The van der Waals surface area contributed by atoms with E-state index < -0.39 is 0 Å². The van der Waals surface area contributed by atoms with Gasteiger partial charge >= 0.3 is 4.87 Å². The van der Waals surface area contributed by atoms with Crippen LogP contribution in [-0.4, -0.2) is 28.2 Å². The molecule has 0 aliphatic carbocycles. The molecule has 6 nitrogen and oxygen atoms in total. The fourth-order valence-electron chi connectivity index (χ4n) is 2.28. The molecule has 3 N–H and O–H groups in total. The van der Waals surface area contributed by atoms with Gasteiger partial charge in [0.25, 0.3) is 0 Å². The lowest BCUT2D eigenvalue weighted by Gasteiger charge is -2.09. The fourth-order valence-corrected chi connectivity index (χ4v) is 3.04. The monoisotopic (exact) mass is 357 g/mol. The van der Waals surface area contributed by atoms with Gasteiger partial charge in [-0.25, -0.2) is 4.98 Å². The highest BCUT2D eigenvalue weighted by Gasteiger charge is 2.07. The minimum Gasteiger partial charge on any atom is -0.494 e. The summed E-state index contributed by atoms with van der Waals surface area (Å²) in [4.78, 5) is 18.2. The Morgan fingerprint density at radius 2 is 2.04 bits per heavy atom. The molecule has 7 heteroatoms. The Kier molecular flexibility index (Phi) is 5.35. The third-order valence-electron chi connectivity index (χ3n) is 3.58. The van der Waals surface area contributed by atoms with Crippen molar-refractivity contribution in [1.82, 2.24) is 9.97 Å². The van der Waals surface area contributed by atoms with Gasteiger partial charge in [0.1, 0.15) is 18.2 Å². The predicted octanol–water partition coefficient (Wildman–Crippen LogP) is 2.93. The van der Waals surface area contributed by atoms with E-state index in [1.165, 1.54) is 0 Å². The van der Waals surface area contributed by atoms with Crippen LogP contribution in [0.2, 0.25) is 0 Å². The van der Waals surface area contributed by atoms with E-state index in [9.17, 15) is 9.90 Å². The summed E-state index contributed by atoms with van der Waals surface area (Å²) in [5, 5.41) is 12.8. The molecule has 0 bridgehead atoms. The summed E-state index contributed by atoms with van der Waals surface area (Å²) in [5.74, 6) is 1.55. The van der Waals surface area contributed by atoms with Gasteiger partial charge in [-0.15, -0.1) is 0 Å². The summed E-state index contributed by atoms with van der Waals surface area (Å²) in [6.07, 6.45) is 2.33. The van der Waals surface area contributed by atoms with Crippen LogP contribution >= 0.6 is 11.3 Å². The highest BCUT2D eigenvalue weighted by molar-refractivity contribution is 7.09. The van der Waals surface area contributed by atoms with E-state index in [-0.39, 0.29) is 10.8 Å². The van der Waals surface area contributed by atoms with Crippen molar-refractivity contribution in [3.05, 3.63) is 68.3 Å². The Bertz CT molecular complexity index is 870. The molecule has 2 heterocycles. The zero-order valence-electron chi connectivity index (χ0n) is 13.8. The molecule has 25 heavy (non-hydrogen) atoms. The SMILES string of the molecule is Cc1ccc(NCCOc2ccc(Cc3sc(=O)[nH]c3O)cc2)nc1. The number of rotatable bonds is 7. The number of pyridine rings is 1. The van der Waals surface area contributed by atoms with Gasteiger partial charge in [-0.2, -0.15) is 0 Å². The Labute approximate surface area is 149 Å². The van der Waals surface area contributed by atoms with Crippen LogP contribution in [0.1, 0.15) is 16.0 Å². The van der Waals surface area contributed by atoms with Crippen LogP contribution in [0.5, 0.6) is 11.6 Å². The van der Waals surface area contributed by atoms with Gasteiger partial charge in [0, 0.05) is 12.6 Å². The fraction of sp³-hybridized carbons (Fsp3) is 0.222. The number of hydrogen-bond donors (Lipinski definition) is 3. The van der Waals surface area contributed by atoms with Crippen LogP contribution < -0.4 is 14.9 Å². The molecule has 0 aliphatic heterocycles. The van der Waals surface area contributed by atoms with Gasteiger partial charge in [-0.3, -0.25) is 9.78 Å². The van der Waals surface area contributed by atoms with Crippen molar-refractivity contribution >= 4 is 17.2 Å². The van der Waals surface area contributed by atoms with Crippen molar-refractivity contribution in [3.8, 4) is 11.6 Å². The maximum atomic E-state index is 11.2. The Morgan fingerprint density at radius 3 is 2.68 bits per heavy atom. The van der Waals surface area contributed by atoms with Gasteiger partial charge in [0.15, 0.2) is 0 Å². The standard InChI is InChI=1S/C18H19N3O3S/c1-12-2-7-16(20-11-12)19-8-9-24-14-5-3-13(4-6-14)10-15-17(22)21-18(23)25-15/h2-7,11,22H,8-10H2,1H3,(H,19,20)(H,21,23). The molecule has 0 unspecified atom stereocenters. The first-order valence-corrected chi connectivity index (χ1v) is 8.71. The number of aromatic hydroxyl groups is 1. The minimum atomic E-state index is -0.247. The molecule has 3 aromatic rings. The molecular formula is C18H19N3O3S. The summed E-state index contributed by atoms with van der Waals surface area (Å²) < 4.78 is 5.69. The first kappa shape index (κ1) is 17.0. The van der Waals surface area contributed by atoms with Crippen molar-refractivity contribution in [2.45, 2.75) is 13.3 Å². The number of nitrogens with zero attached hydrogens (tertiary/aromatic N) is 1. The Balaban J connectivity index is 1.46. The lowest BCUT2D eigenvalue weighted by molar-refractivity contribution is 0.332. The van der Waals surface area contributed by atoms with Crippen molar-refractivity contribution in [2.75, 3.05) is 18.5 Å². The molecular weight excluding hydrogens is 338 g/mol. The number of nitrogens with one attached hydrogen (secondary N) is 2. The van der Waals surface area contributed by atoms with Crippen molar-refractivity contribution in [1.29, 1.82) is 0 Å². The van der Waals surface area contributed by atoms with Crippen LogP contribution in [0.15, 0.2) is 47.4 Å². The molecule has 0 fully saturated rings. The van der Waals surface area contributed by atoms with Gasteiger partial charge < -0.3 is 15.2 Å². The summed E-state index contributed by atoms with van der Waals surface area (Å²) >= 11 is 1.02. The molecule has 130 valence electrons. The average Bonchev–Trinajstić information content (AvgIpc) is 2.92. The molecule has 0 spiro atoms. The largest absolute Gasteiger partial charge is 0.494 e. The Hall–Kier alpha value is -2.80. The number of thiazole rings is 1. The summed E-state index contributed by atoms with van der Waals surface area (Å²) in [5.41, 5.74) is 2.13. The number of H-pyrrole nitrogens is 1. The van der Waals surface area contributed by atoms with Crippen LogP contribution in [0.4, 0.5) is 5.82 Å². The highest BCUT2D eigenvalue weighted by Crippen LogP contribution is 2.21. The second-order valence-electron chi connectivity index (χ2n) is 5.60. The number of anilines is 1. The van der Waals surface area contributed by atoms with Crippen LogP contribution in [0, 0.1) is 6.92 Å². The zero-order chi connectivity index (χ0) is 17.6. The highest BCUT2D eigenvalue weighted by atomic mass is 32.1. The summed E-state index contributed by atoms with van der Waals surface area (Å²) in [6, 6.07) is 11.6. The van der Waals surface area contributed by atoms with Crippen molar-refractivity contribution < 1.29 is 9.84 Å². The van der Waals surface area contributed by atoms with Crippen LogP contribution in [-0.2, 0) is 6.42 Å². The van der Waals surface area contributed by atoms with Gasteiger partial charge in [-0.05, 0) is 36.2 Å². The Morgan fingerprint density at radius 1 is 1.24 bits per heavy atom. The predicted molar refractivity (Wildman–Crippen MR) is 98.8 cm³/mol. The molecule has 0 saturated heterocycles. The smallest absolute Gasteiger partial charge is 0.307 e. The lowest BCUT2D eigenvalue weighted by Crippen LogP contribution is -2.12. The normalized spacial score (nSPS) is 10.6. The number of aromatic nitrogens is 2. The summed E-state index contributed by atoms with van der Waals surface area (Å²) in [6.45, 7) is 3.18. The van der Waals surface area contributed by atoms with E-state index in [0.717, 1.165) is 34.0 Å². The molecule has 1 aromatic carbocycles. The number of aryl methyl sites for hydroxylation is 1. The molecule has 3 rings (SSSR count). The number of hydrogen-bond acceptors (Lipinski definition) is 6.